The molecule has 39 heavy (non-hydrogen) atoms. The Morgan fingerprint density at radius 3 is 2.69 bits per heavy atom. The lowest BCUT2D eigenvalue weighted by Crippen LogP contribution is -2.25. The maximum atomic E-state index is 13.6. The van der Waals surface area contributed by atoms with Gasteiger partial charge in [-0.3, -0.25) is 14.4 Å². The highest BCUT2D eigenvalue weighted by Gasteiger charge is 2.39. The average Bonchev–Trinajstić information content (AvgIpc) is 3.44. The number of aryl methyl sites for hydroxylation is 1. The van der Waals surface area contributed by atoms with Gasteiger partial charge in [0.05, 0.1) is 30.7 Å². The molecule has 0 unspecified atom stereocenters. The monoisotopic (exact) mass is 519 g/mol. The number of hydrogen-bond acceptors (Lipinski definition) is 7. The van der Waals surface area contributed by atoms with E-state index in [-0.39, 0.29) is 40.5 Å². The molecule has 2 aromatic heterocycles. The van der Waals surface area contributed by atoms with Crippen LogP contribution in [0.1, 0.15) is 39.4 Å². The molecule has 0 N–H and O–H groups in total. The number of carbonyl (C=O) groups excluding carboxylic acids is 2. The van der Waals surface area contributed by atoms with Crippen LogP contribution in [0.2, 0.25) is 0 Å². The van der Waals surface area contributed by atoms with E-state index >= 15 is 0 Å². The summed E-state index contributed by atoms with van der Waals surface area (Å²) in [6, 6.07) is 16.0. The van der Waals surface area contributed by atoms with Gasteiger partial charge in [0.25, 0.3) is 0 Å². The van der Waals surface area contributed by atoms with Crippen molar-refractivity contribution in [2.45, 2.75) is 12.3 Å². The molecule has 0 spiro atoms. The van der Waals surface area contributed by atoms with E-state index in [9.17, 15) is 14.4 Å². The van der Waals surface area contributed by atoms with Gasteiger partial charge in [-0.25, -0.2) is 0 Å². The van der Waals surface area contributed by atoms with Gasteiger partial charge in [0.1, 0.15) is 22.8 Å². The Kier molecular flexibility index (Phi) is 5.00. The van der Waals surface area contributed by atoms with Crippen molar-refractivity contribution < 1.29 is 28.2 Å². The number of aromatic nitrogens is 1. The second kappa shape index (κ2) is 8.46. The third kappa shape index (κ3) is 3.49. The number of nitrogens with zero attached hydrogens (tertiary/aromatic N) is 1. The summed E-state index contributed by atoms with van der Waals surface area (Å²) >= 11 is 0. The van der Waals surface area contributed by atoms with Gasteiger partial charge in [0.15, 0.2) is 11.2 Å². The Morgan fingerprint density at radius 1 is 1.00 bits per heavy atom. The zero-order valence-corrected chi connectivity index (χ0v) is 21.0. The zero-order chi connectivity index (χ0) is 26.8. The summed E-state index contributed by atoms with van der Waals surface area (Å²) in [6.07, 6.45) is 4.92. The molecule has 7 rings (SSSR count). The normalized spacial score (nSPS) is 17.3. The molecule has 0 saturated heterocycles. The SMILES string of the molecule is COc1ccc2occ([C@@H]3CC(=O)Oc4ccc5c(c43)O/C(=C\c3cn(C)c4ccccc34)C5=O)c(=O)c2c1. The molecule has 5 aromatic rings. The summed E-state index contributed by atoms with van der Waals surface area (Å²) in [6.45, 7) is 0. The number of ketones is 1. The zero-order valence-electron chi connectivity index (χ0n) is 21.0. The Balaban J connectivity index is 1.37. The summed E-state index contributed by atoms with van der Waals surface area (Å²) in [5, 5.41) is 1.31. The lowest BCUT2D eigenvalue weighted by atomic mass is 9.85. The van der Waals surface area contributed by atoms with E-state index in [0.29, 0.717) is 27.8 Å². The van der Waals surface area contributed by atoms with Crippen molar-refractivity contribution in [2.75, 3.05) is 7.11 Å². The number of rotatable bonds is 3. The van der Waals surface area contributed by atoms with E-state index in [4.69, 9.17) is 18.6 Å². The number of para-hydroxylation sites is 1. The number of fused-ring (bicyclic) bond motifs is 5. The summed E-state index contributed by atoms with van der Waals surface area (Å²) in [4.78, 5) is 39.7. The summed E-state index contributed by atoms with van der Waals surface area (Å²) in [7, 11) is 3.46. The van der Waals surface area contributed by atoms with Crippen molar-refractivity contribution >= 4 is 39.7 Å². The van der Waals surface area contributed by atoms with Crippen molar-refractivity contribution in [1.29, 1.82) is 0 Å². The van der Waals surface area contributed by atoms with Gasteiger partial charge in [-0.2, -0.15) is 0 Å². The maximum absolute atomic E-state index is 13.6. The molecule has 4 heterocycles. The number of methoxy groups -OCH3 is 1. The van der Waals surface area contributed by atoms with Gasteiger partial charge in [-0.1, -0.05) is 18.2 Å². The van der Waals surface area contributed by atoms with Crippen LogP contribution in [0.5, 0.6) is 17.2 Å². The predicted molar refractivity (Wildman–Crippen MR) is 143 cm³/mol. The molecule has 0 saturated carbocycles. The van der Waals surface area contributed by atoms with Gasteiger partial charge in [-0.15, -0.1) is 0 Å². The number of ether oxygens (including phenoxy) is 3. The summed E-state index contributed by atoms with van der Waals surface area (Å²) < 4.78 is 24.8. The molecule has 0 bridgehead atoms. The van der Waals surface area contributed by atoms with Crippen LogP contribution in [-0.4, -0.2) is 23.4 Å². The fourth-order valence-electron chi connectivity index (χ4n) is 5.49. The van der Waals surface area contributed by atoms with Crippen molar-refractivity contribution in [3.63, 3.8) is 0 Å². The third-order valence-electron chi connectivity index (χ3n) is 7.38. The molecule has 192 valence electrons. The standard InChI is InChI=1S/C31H21NO7/c1-32-14-16(18-5-3-4-6-23(18)32)11-26-30(35)19-8-10-25-28(31(19)39-26)20(13-27(33)38-25)22-15-37-24-9-7-17(36-2)12-21(24)29(22)34/h3-12,14-15,20H,13H2,1-2H3/b26-11-/t20-/m0/s1. The average molecular weight is 520 g/mol. The molecule has 0 radical (unpaired) electrons. The van der Waals surface area contributed by atoms with E-state index < -0.39 is 11.9 Å². The van der Waals surface area contributed by atoms with Crippen LogP contribution in [-0.2, 0) is 11.8 Å². The van der Waals surface area contributed by atoms with Crippen molar-refractivity contribution in [3.05, 3.63) is 105 Å². The first kappa shape index (κ1) is 23.0. The maximum Gasteiger partial charge on any atom is 0.312 e. The second-order valence-corrected chi connectivity index (χ2v) is 9.62. The minimum absolute atomic E-state index is 0.108. The molecule has 8 heteroatoms. The number of carbonyl (C=O) groups is 2. The molecule has 0 fully saturated rings. The van der Waals surface area contributed by atoms with Crippen LogP contribution >= 0.6 is 0 Å². The van der Waals surface area contributed by atoms with Crippen LogP contribution in [0, 0.1) is 0 Å². The molecular formula is C31H21NO7. The Morgan fingerprint density at radius 2 is 1.85 bits per heavy atom. The van der Waals surface area contributed by atoms with E-state index in [1.807, 2.05) is 42.1 Å². The Hall–Kier alpha value is -5.11. The van der Waals surface area contributed by atoms with Gasteiger partial charge >= 0.3 is 5.97 Å². The molecule has 2 aliphatic rings. The van der Waals surface area contributed by atoms with E-state index in [1.165, 1.54) is 13.4 Å². The molecular weight excluding hydrogens is 498 g/mol. The molecule has 0 amide bonds. The van der Waals surface area contributed by atoms with Gasteiger partial charge in [0.2, 0.25) is 5.78 Å². The Labute approximate surface area is 221 Å². The highest BCUT2D eigenvalue weighted by atomic mass is 16.5. The van der Waals surface area contributed by atoms with Crippen LogP contribution in [0.15, 0.2) is 82.0 Å². The highest BCUT2D eigenvalue weighted by Crippen LogP contribution is 2.48. The van der Waals surface area contributed by atoms with Gasteiger partial charge in [0, 0.05) is 46.8 Å². The smallest absolute Gasteiger partial charge is 0.312 e. The molecule has 0 aliphatic carbocycles. The van der Waals surface area contributed by atoms with E-state index in [1.54, 1.807) is 36.4 Å². The molecule has 1 atom stereocenters. The lowest BCUT2D eigenvalue weighted by molar-refractivity contribution is -0.135. The van der Waals surface area contributed by atoms with Crippen LogP contribution in [0.4, 0.5) is 0 Å². The number of benzene rings is 3. The lowest BCUT2D eigenvalue weighted by Gasteiger charge is -2.25. The van der Waals surface area contributed by atoms with Crippen molar-refractivity contribution in [1.82, 2.24) is 4.57 Å². The summed E-state index contributed by atoms with van der Waals surface area (Å²) in [5.74, 6) is -0.312. The third-order valence-corrected chi connectivity index (χ3v) is 7.38. The topological polar surface area (TPSA) is 97.0 Å². The quantitative estimate of drug-likeness (QED) is 0.180. The minimum Gasteiger partial charge on any atom is -0.497 e. The second-order valence-electron chi connectivity index (χ2n) is 9.62. The number of Topliss-reactive ketones (excluding diaryl/α,β-unsaturated/α-hetero) is 1. The van der Waals surface area contributed by atoms with E-state index in [2.05, 4.69) is 0 Å². The predicted octanol–water partition coefficient (Wildman–Crippen LogP) is 5.35. The minimum atomic E-state index is -0.729. The first-order chi connectivity index (χ1) is 18.9. The van der Waals surface area contributed by atoms with Crippen LogP contribution in [0.3, 0.4) is 0 Å². The highest BCUT2D eigenvalue weighted by molar-refractivity contribution is 6.15. The first-order valence-corrected chi connectivity index (χ1v) is 12.4. The first-order valence-electron chi connectivity index (χ1n) is 12.4. The van der Waals surface area contributed by atoms with Crippen LogP contribution < -0.4 is 19.6 Å². The van der Waals surface area contributed by atoms with E-state index in [0.717, 1.165) is 16.5 Å². The van der Waals surface area contributed by atoms with Crippen molar-refractivity contribution in [3.8, 4) is 17.2 Å². The largest absolute Gasteiger partial charge is 0.497 e. The van der Waals surface area contributed by atoms with Gasteiger partial charge in [-0.05, 0) is 42.5 Å². The number of hydrogen-bond donors (Lipinski definition) is 0. The molecule has 8 nitrogen and oxygen atoms in total. The fourth-order valence-corrected chi connectivity index (χ4v) is 5.49. The number of esters is 1. The molecule has 2 aliphatic heterocycles. The molecule has 3 aromatic carbocycles. The van der Waals surface area contributed by atoms with Crippen LogP contribution in [0.25, 0.3) is 27.9 Å². The Bertz CT molecular complexity index is 1960. The fraction of sp³-hybridized carbons (Fsp3) is 0.129. The van der Waals surface area contributed by atoms with Crippen molar-refractivity contribution in [2.24, 2.45) is 7.05 Å². The van der Waals surface area contributed by atoms with Gasteiger partial charge < -0.3 is 23.2 Å². The number of allylic oxidation sites excluding steroid dienone is 1. The summed E-state index contributed by atoms with van der Waals surface area (Å²) in [5.41, 5.74) is 3.04.